The molecule has 0 atom stereocenters. The van der Waals surface area contributed by atoms with E-state index < -0.39 is 0 Å². The molecular weight excluding hydrogens is 252 g/mol. The van der Waals surface area contributed by atoms with Gasteiger partial charge in [0.15, 0.2) is 0 Å². The molecule has 0 bridgehead atoms. The predicted molar refractivity (Wildman–Crippen MR) is 74.1 cm³/mol. The third kappa shape index (κ3) is 3.89. The summed E-state index contributed by atoms with van der Waals surface area (Å²) >= 11 is 6.02. The minimum atomic E-state index is -0.258. The van der Waals surface area contributed by atoms with Crippen LogP contribution in [0.15, 0.2) is 18.2 Å². The van der Waals surface area contributed by atoms with Crippen molar-refractivity contribution >= 4 is 23.3 Å². The fourth-order valence-electron chi connectivity index (χ4n) is 1.62. The predicted octanol–water partition coefficient (Wildman–Crippen LogP) is 2.88. The first-order valence-corrected chi connectivity index (χ1v) is 6.28. The number of aliphatic hydroxyl groups excluding tert-OH is 1. The van der Waals surface area contributed by atoms with Gasteiger partial charge in [-0.25, -0.2) is 4.79 Å². The van der Waals surface area contributed by atoms with Crippen LogP contribution in [-0.4, -0.2) is 35.2 Å². The second-order valence-electron chi connectivity index (χ2n) is 4.42. The van der Waals surface area contributed by atoms with E-state index >= 15 is 0 Å². The first kappa shape index (κ1) is 14.8. The summed E-state index contributed by atoms with van der Waals surface area (Å²) in [5.74, 6) is 0. The van der Waals surface area contributed by atoms with Crippen LogP contribution in [0.3, 0.4) is 0 Å². The Bertz CT molecular complexity index is 421. The lowest BCUT2D eigenvalue weighted by Gasteiger charge is -2.26. The normalized spacial score (nSPS) is 10.6. The van der Waals surface area contributed by atoms with Crippen LogP contribution in [0.5, 0.6) is 0 Å². The van der Waals surface area contributed by atoms with E-state index in [-0.39, 0.29) is 18.7 Å². The smallest absolute Gasteiger partial charge is 0.322 e. The number of rotatable bonds is 4. The van der Waals surface area contributed by atoms with E-state index in [1.54, 1.807) is 11.0 Å². The molecule has 0 radical (unpaired) electrons. The number of aryl methyl sites for hydroxylation is 1. The number of urea groups is 1. The lowest BCUT2D eigenvalue weighted by atomic mass is 10.2. The Morgan fingerprint density at radius 3 is 2.72 bits per heavy atom. The molecule has 0 aliphatic rings. The van der Waals surface area contributed by atoms with E-state index in [1.807, 2.05) is 32.9 Å². The average Bonchev–Trinajstić information content (AvgIpc) is 2.30. The summed E-state index contributed by atoms with van der Waals surface area (Å²) in [5, 5.41) is 12.2. The van der Waals surface area contributed by atoms with Gasteiger partial charge in [0.25, 0.3) is 0 Å². The molecule has 0 fully saturated rings. The molecule has 0 saturated carbocycles. The van der Waals surface area contributed by atoms with Gasteiger partial charge in [-0.1, -0.05) is 17.7 Å². The number of amides is 2. The van der Waals surface area contributed by atoms with Crippen molar-refractivity contribution in [2.75, 3.05) is 18.5 Å². The fraction of sp³-hybridized carbons (Fsp3) is 0.462. The summed E-state index contributed by atoms with van der Waals surface area (Å²) in [6.45, 7) is 5.96. The summed E-state index contributed by atoms with van der Waals surface area (Å²) in [6.07, 6.45) is 0. The van der Waals surface area contributed by atoms with E-state index in [9.17, 15) is 4.79 Å². The maximum Gasteiger partial charge on any atom is 0.322 e. The van der Waals surface area contributed by atoms with Gasteiger partial charge in [-0.05, 0) is 38.5 Å². The zero-order valence-electron chi connectivity index (χ0n) is 10.9. The van der Waals surface area contributed by atoms with Crippen molar-refractivity contribution in [2.24, 2.45) is 0 Å². The summed E-state index contributed by atoms with van der Waals surface area (Å²) < 4.78 is 0. The topological polar surface area (TPSA) is 52.6 Å². The minimum Gasteiger partial charge on any atom is -0.395 e. The van der Waals surface area contributed by atoms with Crippen LogP contribution in [0.25, 0.3) is 0 Å². The number of benzene rings is 1. The van der Waals surface area contributed by atoms with Crippen molar-refractivity contribution in [3.05, 3.63) is 28.8 Å². The van der Waals surface area contributed by atoms with Gasteiger partial charge in [0.05, 0.1) is 17.3 Å². The number of carbonyl (C=O) groups is 1. The van der Waals surface area contributed by atoms with Crippen molar-refractivity contribution in [3.63, 3.8) is 0 Å². The van der Waals surface area contributed by atoms with Gasteiger partial charge in [-0.3, -0.25) is 0 Å². The fourth-order valence-corrected chi connectivity index (χ4v) is 1.79. The van der Waals surface area contributed by atoms with Crippen molar-refractivity contribution in [1.82, 2.24) is 4.90 Å². The summed E-state index contributed by atoms with van der Waals surface area (Å²) in [6, 6.07) is 5.20. The van der Waals surface area contributed by atoms with E-state index in [0.717, 1.165) is 5.56 Å². The average molecular weight is 271 g/mol. The number of nitrogens with one attached hydrogen (secondary N) is 1. The maximum atomic E-state index is 12.1. The molecule has 0 unspecified atom stereocenters. The second-order valence-corrected chi connectivity index (χ2v) is 4.83. The van der Waals surface area contributed by atoms with Crippen LogP contribution in [0.1, 0.15) is 19.4 Å². The Morgan fingerprint density at radius 2 is 2.17 bits per heavy atom. The molecule has 0 spiro atoms. The zero-order valence-corrected chi connectivity index (χ0v) is 11.7. The standard InChI is InChI=1S/C13H19ClN2O2/c1-9(2)16(6-7-17)13(18)15-12-8-10(3)4-5-11(12)14/h4-5,8-9,17H,6-7H2,1-3H3,(H,15,18). The van der Waals surface area contributed by atoms with Gasteiger partial charge in [-0.2, -0.15) is 0 Å². The number of anilines is 1. The number of aliphatic hydroxyl groups is 1. The van der Waals surface area contributed by atoms with Gasteiger partial charge in [0.1, 0.15) is 0 Å². The molecule has 4 nitrogen and oxygen atoms in total. The third-order valence-electron chi connectivity index (χ3n) is 2.59. The Morgan fingerprint density at radius 1 is 1.50 bits per heavy atom. The van der Waals surface area contributed by atoms with E-state index in [2.05, 4.69) is 5.32 Å². The Hall–Kier alpha value is -1.26. The minimum absolute atomic E-state index is 0.0146. The highest BCUT2D eigenvalue weighted by Gasteiger charge is 2.17. The van der Waals surface area contributed by atoms with Crippen LogP contribution in [0.2, 0.25) is 5.02 Å². The Balaban J connectivity index is 2.82. The van der Waals surface area contributed by atoms with Crippen molar-refractivity contribution in [3.8, 4) is 0 Å². The van der Waals surface area contributed by atoms with Crippen LogP contribution in [0, 0.1) is 6.92 Å². The van der Waals surface area contributed by atoms with Gasteiger partial charge >= 0.3 is 6.03 Å². The second kappa shape index (κ2) is 6.61. The molecule has 0 aromatic heterocycles. The van der Waals surface area contributed by atoms with Crippen LogP contribution < -0.4 is 5.32 Å². The van der Waals surface area contributed by atoms with Crippen LogP contribution >= 0.6 is 11.6 Å². The maximum absolute atomic E-state index is 12.1. The largest absolute Gasteiger partial charge is 0.395 e. The lowest BCUT2D eigenvalue weighted by Crippen LogP contribution is -2.41. The van der Waals surface area contributed by atoms with E-state index in [0.29, 0.717) is 17.3 Å². The molecule has 2 N–H and O–H groups in total. The molecule has 18 heavy (non-hydrogen) atoms. The van der Waals surface area contributed by atoms with Gasteiger partial charge in [-0.15, -0.1) is 0 Å². The summed E-state index contributed by atoms with van der Waals surface area (Å²) in [4.78, 5) is 13.6. The molecule has 1 rings (SSSR count). The first-order chi connectivity index (χ1) is 8.45. The number of hydrogen-bond donors (Lipinski definition) is 2. The molecule has 5 heteroatoms. The highest BCUT2D eigenvalue weighted by atomic mass is 35.5. The number of hydrogen-bond acceptors (Lipinski definition) is 2. The first-order valence-electron chi connectivity index (χ1n) is 5.90. The number of halogens is 1. The quantitative estimate of drug-likeness (QED) is 0.884. The van der Waals surface area contributed by atoms with Crippen LogP contribution in [0.4, 0.5) is 10.5 Å². The summed E-state index contributed by atoms with van der Waals surface area (Å²) in [5.41, 5.74) is 1.61. The molecule has 1 aromatic rings. The molecular formula is C13H19ClN2O2. The molecule has 1 aromatic carbocycles. The monoisotopic (exact) mass is 270 g/mol. The van der Waals surface area contributed by atoms with Crippen molar-refractivity contribution in [1.29, 1.82) is 0 Å². The van der Waals surface area contributed by atoms with Gasteiger partial charge < -0.3 is 15.3 Å². The molecule has 0 saturated heterocycles. The van der Waals surface area contributed by atoms with Gasteiger partial charge in [0.2, 0.25) is 0 Å². The number of nitrogens with zero attached hydrogens (tertiary/aromatic N) is 1. The zero-order chi connectivity index (χ0) is 13.7. The van der Waals surface area contributed by atoms with E-state index in [4.69, 9.17) is 16.7 Å². The lowest BCUT2D eigenvalue weighted by molar-refractivity contribution is 0.172. The third-order valence-corrected chi connectivity index (χ3v) is 2.92. The Kier molecular flexibility index (Phi) is 5.44. The van der Waals surface area contributed by atoms with Crippen molar-refractivity contribution < 1.29 is 9.90 Å². The molecule has 0 aliphatic heterocycles. The molecule has 2 amide bonds. The highest BCUT2D eigenvalue weighted by molar-refractivity contribution is 6.33. The van der Waals surface area contributed by atoms with Crippen LogP contribution in [-0.2, 0) is 0 Å². The van der Waals surface area contributed by atoms with Gasteiger partial charge in [0, 0.05) is 12.6 Å². The summed E-state index contributed by atoms with van der Waals surface area (Å²) in [7, 11) is 0. The Labute approximate surface area is 113 Å². The molecule has 100 valence electrons. The highest BCUT2D eigenvalue weighted by Crippen LogP contribution is 2.23. The number of carbonyl (C=O) groups excluding carboxylic acids is 1. The molecule has 0 aliphatic carbocycles. The molecule has 0 heterocycles. The van der Waals surface area contributed by atoms with E-state index in [1.165, 1.54) is 0 Å². The SMILES string of the molecule is Cc1ccc(Cl)c(NC(=O)N(CCO)C(C)C)c1. The van der Waals surface area contributed by atoms with Crippen molar-refractivity contribution in [2.45, 2.75) is 26.8 Å².